The lowest BCUT2D eigenvalue weighted by atomic mass is 10.1. The predicted octanol–water partition coefficient (Wildman–Crippen LogP) is 4.50. The van der Waals surface area contributed by atoms with Gasteiger partial charge in [-0.3, -0.25) is 4.79 Å². The molecule has 0 saturated heterocycles. The molecule has 0 heterocycles. The van der Waals surface area contributed by atoms with Gasteiger partial charge >= 0.3 is 0 Å². The molecule has 0 aliphatic heterocycles. The van der Waals surface area contributed by atoms with E-state index in [0.29, 0.717) is 11.4 Å². The van der Waals surface area contributed by atoms with E-state index in [1.54, 1.807) is 12.1 Å². The fourth-order valence-electron chi connectivity index (χ4n) is 2.40. The Bertz CT molecular complexity index is 833. The molecule has 26 heavy (non-hydrogen) atoms. The van der Waals surface area contributed by atoms with Crippen LogP contribution in [0.4, 0.5) is 11.4 Å². The molecule has 0 spiro atoms. The average Bonchev–Trinajstić information content (AvgIpc) is 2.63. The molecule has 0 fully saturated rings. The number of aryl methyl sites for hydroxylation is 2. The number of nitriles is 1. The first-order valence-corrected chi connectivity index (χ1v) is 8.60. The van der Waals surface area contributed by atoms with Crippen molar-refractivity contribution in [1.29, 1.82) is 5.26 Å². The van der Waals surface area contributed by atoms with E-state index in [0.717, 1.165) is 24.8 Å². The second-order valence-electron chi connectivity index (χ2n) is 6.09. The third kappa shape index (κ3) is 5.38. The summed E-state index contributed by atoms with van der Waals surface area (Å²) in [6.45, 7) is 4.01. The highest BCUT2D eigenvalue weighted by Gasteiger charge is 2.10. The van der Waals surface area contributed by atoms with Crippen molar-refractivity contribution >= 4 is 17.3 Å². The molecule has 0 aliphatic rings. The van der Waals surface area contributed by atoms with Gasteiger partial charge in [-0.2, -0.15) is 5.26 Å². The molecule has 0 radical (unpaired) electrons. The second-order valence-corrected chi connectivity index (χ2v) is 6.09. The van der Waals surface area contributed by atoms with Crippen LogP contribution < -0.4 is 10.6 Å². The van der Waals surface area contributed by atoms with Gasteiger partial charge in [-0.1, -0.05) is 31.5 Å². The van der Waals surface area contributed by atoms with E-state index in [1.807, 2.05) is 43.3 Å². The molecule has 0 bridgehead atoms. The Hall–Kier alpha value is -3.26. The normalized spacial score (nSPS) is 10.9. The van der Waals surface area contributed by atoms with Crippen molar-refractivity contribution in [3.8, 4) is 11.8 Å². The predicted molar refractivity (Wildman–Crippen MR) is 104 cm³/mol. The molecular formula is C21H23N3O2. The number of phenolic OH excluding ortho intramolecular Hbond substituents is 1. The average molecular weight is 349 g/mol. The zero-order valence-electron chi connectivity index (χ0n) is 15.0. The first-order chi connectivity index (χ1) is 12.5. The number of carbonyl (C=O) groups excluding carboxylic acids is 1. The number of benzene rings is 2. The first kappa shape index (κ1) is 19.1. The molecule has 0 saturated carbocycles. The fourth-order valence-corrected chi connectivity index (χ4v) is 2.40. The molecule has 0 aliphatic carbocycles. The van der Waals surface area contributed by atoms with E-state index in [9.17, 15) is 15.2 Å². The number of nitrogens with one attached hydrogen (secondary N) is 2. The van der Waals surface area contributed by atoms with Crippen molar-refractivity contribution in [3.05, 3.63) is 65.4 Å². The summed E-state index contributed by atoms with van der Waals surface area (Å²) in [6, 6.07) is 14.6. The highest BCUT2D eigenvalue weighted by Crippen LogP contribution is 2.24. The maximum atomic E-state index is 12.3. The van der Waals surface area contributed by atoms with E-state index in [1.165, 1.54) is 11.8 Å². The minimum Gasteiger partial charge on any atom is -0.506 e. The van der Waals surface area contributed by atoms with Gasteiger partial charge in [-0.25, -0.2) is 0 Å². The van der Waals surface area contributed by atoms with E-state index in [-0.39, 0.29) is 11.3 Å². The lowest BCUT2D eigenvalue weighted by molar-refractivity contribution is -0.112. The van der Waals surface area contributed by atoms with Crippen LogP contribution in [0.5, 0.6) is 5.75 Å². The van der Waals surface area contributed by atoms with Gasteiger partial charge in [0.05, 0.1) is 5.69 Å². The van der Waals surface area contributed by atoms with Gasteiger partial charge in [0.2, 0.25) is 0 Å². The van der Waals surface area contributed by atoms with Crippen LogP contribution in [0.3, 0.4) is 0 Å². The van der Waals surface area contributed by atoms with E-state index in [4.69, 9.17) is 0 Å². The number of amides is 1. The van der Waals surface area contributed by atoms with Crippen LogP contribution in [0.2, 0.25) is 0 Å². The third-order valence-corrected chi connectivity index (χ3v) is 3.92. The number of hydrogen-bond acceptors (Lipinski definition) is 4. The van der Waals surface area contributed by atoms with Gasteiger partial charge in [0.15, 0.2) is 0 Å². The van der Waals surface area contributed by atoms with Gasteiger partial charge in [0.25, 0.3) is 5.91 Å². The number of carbonyl (C=O) groups is 1. The number of unbranched alkanes of at least 4 members (excludes halogenated alkanes) is 1. The lowest BCUT2D eigenvalue weighted by Gasteiger charge is -2.08. The number of anilines is 2. The zero-order valence-corrected chi connectivity index (χ0v) is 15.0. The molecule has 2 aromatic carbocycles. The van der Waals surface area contributed by atoms with Gasteiger partial charge in [-0.15, -0.1) is 0 Å². The van der Waals surface area contributed by atoms with Crippen molar-refractivity contribution in [2.75, 3.05) is 10.6 Å². The number of nitrogens with zero attached hydrogens (tertiary/aromatic N) is 1. The summed E-state index contributed by atoms with van der Waals surface area (Å²) in [6.07, 6.45) is 4.57. The van der Waals surface area contributed by atoms with E-state index < -0.39 is 5.91 Å². The molecule has 0 aromatic heterocycles. The van der Waals surface area contributed by atoms with Crippen LogP contribution >= 0.6 is 0 Å². The quantitative estimate of drug-likeness (QED) is 0.390. The number of rotatable bonds is 7. The van der Waals surface area contributed by atoms with Crippen LogP contribution in [0, 0.1) is 18.3 Å². The zero-order chi connectivity index (χ0) is 18.9. The SMILES string of the molecule is CCCCc1ccc(NC(=O)/C(C#N)=C\Nc2ccc(C)cc2O)cc1. The van der Waals surface area contributed by atoms with Crippen molar-refractivity contribution in [2.24, 2.45) is 0 Å². The van der Waals surface area contributed by atoms with E-state index >= 15 is 0 Å². The Balaban J connectivity index is 2.02. The highest BCUT2D eigenvalue weighted by molar-refractivity contribution is 6.06. The van der Waals surface area contributed by atoms with Crippen molar-refractivity contribution in [2.45, 2.75) is 33.1 Å². The lowest BCUT2D eigenvalue weighted by Crippen LogP contribution is -2.14. The van der Waals surface area contributed by atoms with E-state index in [2.05, 4.69) is 17.6 Å². The standard InChI is InChI=1S/C21H23N3O2/c1-3-4-5-16-7-9-18(10-8-16)24-21(26)17(13-22)14-23-19-11-6-15(2)12-20(19)25/h6-12,14,23,25H,3-5H2,1-2H3,(H,24,26)/b17-14-. The summed E-state index contributed by atoms with van der Waals surface area (Å²) in [5, 5.41) is 24.6. The number of hydrogen-bond donors (Lipinski definition) is 3. The first-order valence-electron chi connectivity index (χ1n) is 8.60. The minimum atomic E-state index is -0.507. The maximum Gasteiger partial charge on any atom is 0.267 e. The molecule has 2 aromatic rings. The Morgan fingerprint density at radius 1 is 1.23 bits per heavy atom. The summed E-state index contributed by atoms with van der Waals surface area (Å²) >= 11 is 0. The summed E-state index contributed by atoms with van der Waals surface area (Å²) in [5.41, 5.74) is 3.11. The Morgan fingerprint density at radius 2 is 1.96 bits per heavy atom. The van der Waals surface area contributed by atoms with Gasteiger partial charge in [-0.05, 0) is 55.2 Å². The molecule has 0 atom stereocenters. The van der Waals surface area contributed by atoms with Crippen LogP contribution in [0.1, 0.15) is 30.9 Å². The molecule has 5 nitrogen and oxygen atoms in total. The van der Waals surface area contributed by atoms with Gasteiger partial charge in [0, 0.05) is 11.9 Å². The molecule has 3 N–H and O–H groups in total. The fraction of sp³-hybridized carbons (Fsp3) is 0.238. The van der Waals surface area contributed by atoms with Crippen molar-refractivity contribution in [1.82, 2.24) is 0 Å². The molecule has 134 valence electrons. The molecule has 0 unspecified atom stereocenters. The van der Waals surface area contributed by atoms with Crippen LogP contribution in [-0.4, -0.2) is 11.0 Å². The highest BCUT2D eigenvalue weighted by atomic mass is 16.3. The number of aromatic hydroxyl groups is 1. The second kappa shape index (κ2) is 9.28. The Kier molecular flexibility index (Phi) is 6.81. The molecule has 5 heteroatoms. The summed E-state index contributed by atoms with van der Waals surface area (Å²) in [7, 11) is 0. The van der Waals surface area contributed by atoms with Gasteiger partial charge in [0.1, 0.15) is 17.4 Å². The molecule has 2 rings (SSSR count). The smallest absolute Gasteiger partial charge is 0.267 e. The number of phenols is 1. The Morgan fingerprint density at radius 3 is 2.58 bits per heavy atom. The summed E-state index contributed by atoms with van der Waals surface area (Å²) < 4.78 is 0. The largest absolute Gasteiger partial charge is 0.506 e. The Labute approximate surface area is 154 Å². The van der Waals surface area contributed by atoms with Gasteiger partial charge < -0.3 is 15.7 Å². The van der Waals surface area contributed by atoms with Crippen LogP contribution in [-0.2, 0) is 11.2 Å². The summed E-state index contributed by atoms with van der Waals surface area (Å²) in [4.78, 5) is 12.3. The monoisotopic (exact) mass is 349 g/mol. The molecular weight excluding hydrogens is 326 g/mol. The topological polar surface area (TPSA) is 85.2 Å². The van der Waals surface area contributed by atoms with Crippen molar-refractivity contribution < 1.29 is 9.90 Å². The maximum absolute atomic E-state index is 12.3. The summed E-state index contributed by atoms with van der Waals surface area (Å²) in [5.74, 6) is -0.450. The van der Waals surface area contributed by atoms with Crippen LogP contribution in [0.15, 0.2) is 54.2 Å². The van der Waals surface area contributed by atoms with Crippen molar-refractivity contribution in [3.63, 3.8) is 0 Å². The van der Waals surface area contributed by atoms with Crippen LogP contribution in [0.25, 0.3) is 0 Å². The molecule has 1 amide bonds. The minimum absolute atomic E-state index is 0.0571. The third-order valence-electron chi connectivity index (χ3n) is 3.92.